The summed E-state index contributed by atoms with van der Waals surface area (Å²) in [6.45, 7) is 1.63. The predicted molar refractivity (Wildman–Crippen MR) is 107 cm³/mol. The molecule has 2 N–H and O–H groups in total. The van der Waals surface area contributed by atoms with Crippen LogP contribution in [0, 0.1) is 5.82 Å². The molecule has 0 spiro atoms. The Morgan fingerprint density at radius 1 is 1.09 bits per heavy atom. The number of nitrogens with zero attached hydrogens (tertiary/aromatic N) is 1. The molecule has 34 heavy (non-hydrogen) atoms. The fraction of sp³-hybridized carbons (Fsp3) is 0.238. The summed E-state index contributed by atoms with van der Waals surface area (Å²) in [5, 5.41) is 10.9. The minimum absolute atomic E-state index is 0.0119. The summed E-state index contributed by atoms with van der Waals surface area (Å²) in [5.41, 5.74) is -3.29. The predicted octanol–water partition coefficient (Wildman–Crippen LogP) is 6.20. The summed E-state index contributed by atoms with van der Waals surface area (Å²) in [6, 6.07) is 1.34. The van der Waals surface area contributed by atoms with Gasteiger partial charge in [-0.1, -0.05) is 17.7 Å². The highest BCUT2D eigenvalue weighted by Gasteiger charge is 2.44. The highest BCUT2D eigenvalue weighted by molar-refractivity contribution is 6.34. The number of halogens is 8. The third-order valence-corrected chi connectivity index (χ3v) is 5.31. The van der Waals surface area contributed by atoms with E-state index in [0.717, 1.165) is 12.1 Å². The first kappa shape index (κ1) is 25.3. The number of carbonyl (C=O) groups excluding carboxylic acids is 1. The largest absolute Gasteiger partial charge is 0.478 e. The van der Waals surface area contributed by atoms with Crippen molar-refractivity contribution < 1.29 is 45.4 Å². The fourth-order valence-corrected chi connectivity index (χ4v) is 3.71. The number of carboxylic acids is 1. The van der Waals surface area contributed by atoms with Crippen LogP contribution in [0.1, 0.15) is 44.9 Å². The second-order valence-corrected chi connectivity index (χ2v) is 7.56. The number of aromatic carboxylic acids is 1. The number of aryl methyl sites for hydroxylation is 1. The number of carboxylic acid groups (broad SMARTS) is 1. The molecule has 1 aromatic heterocycles. The summed E-state index contributed by atoms with van der Waals surface area (Å²) in [5.74, 6) is -4.43. The van der Waals surface area contributed by atoms with Gasteiger partial charge in [0, 0.05) is 11.9 Å². The van der Waals surface area contributed by atoms with Crippen LogP contribution in [0.5, 0.6) is 0 Å². The maximum atomic E-state index is 13.7. The molecule has 2 aromatic carbocycles. The molecule has 0 fully saturated rings. The highest BCUT2D eigenvalue weighted by atomic mass is 35.5. The maximum absolute atomic E-state index is 13.7. The van der Waals surface area contributed by atoms with Crippen LogP contribution in [-0.4, -0.2) is 27.7 Å². The molecule has 0 radical (unpaired) electrons. The standard InChI is InChI=1S/C21H14ClF7N2O3/c1-2-31-15-8-13(22)11(19(33)34)5-10(15)7-16(31)18(32)30-17(21(27,28)29)9-3-4-14(23)12(6-9)20(24,25)26/h3-8,17H,2H2,1H3,(H,30,32)(H,33,34). The molecule has 0 saturated heterocycles. The van der Waals surface area contributed by atoms with E-state index in [1.165, 1.54) is 10.6 Å². The van der Waals surface area contributed by atoms with Crippen LogP contribution in [0.3, 0.4) is 0 Å². The van der Waals surface area contributed by atoms with Crippen molar-refractivity contribution in [1.82, 2.24) is 9.88 Å². The van der Waals surface area contributed by atoms with Crippen LogP contribution < -0.4 is 5.32 Å². The van der Waals surface area contributed by atoms with Gasteiger partial charge in [-0.3, -0.25) is 4.79 Å². The second kappa shape index (κ2) is 8.82. The van der Waals surface area contributed by atoms with Crippen molar-refractivity contribution >= 4 is 34.4 Å². The van der Waals surface area contributed by atoms with Crippen LogP contribution >= 0.6 is 11.6 Å². The van der Waals surface area contributed by atoms with Crippen LogP contribution in [0.25, 0.3) is 10.9 Å². The third-order valence-electron chi connectivity index (χ3n) is 5.00. The summed E-state index contributed by atoms with van der Waals surface area (Å²) in [4.78, 5) is 24.1. The molecular formula is C21H14ClF7N2O3. The minimum atomic E-state index is -5.25. The quantitative estimate of drug-likeness (QED) is 0.401. The number of amides is 1. The van der Waals surface area contributed by atoms with Gasteiger partial charge in [0.2, 0.25) is 0 Å². The Hall–Kier alpha value is -3.28. The Morgan fingerprint density at radius 2 is 1.74 bits per heavy atom. The van der Waals surface area contributed by atoms with E-state index in [9.17, 15) is 45.4 Å². The van der Waals surface area contributed by atoms with E-state index in [1.54, 1.807) is 12.2 Å². The molecule has 0 aliphatic heterocycles. The lowest BCUT2D eigenvalue weighted by Gasteiger charge is -2.23. The zero-order valence-electron chi connectivity index (χ0n) is 17.0. The number of carbonyl (C=O) groups is 2. The molecule has 3 rings (SSSR count). The number of alkyl halides is 6. The average molecular weight is 511 g/mol. The van der Waals surface area contributed by atoms with E-state index in [-0.39, 0.29) is 45.9 Å². The van der Waals surface area contributed by atoms with Gasteiger partial charge in [0.05, 0.1) is 21.7 Å². The highest BCUT2D eigenvalue weighted by Crippen LogP contribution is 2.38. The van der Waals surface area contributed by atoms with Gasteiger partial charge in [-0.15, -0.1) is 0 Å². The lowest BCUT2D eigenvalue weighted by Crippen LogP contribution is -2.39. The molecule has 0 aliphatic rings. The Labute approximate surface area is 191 Å². The summed E-state index contributed by atoms with van der Waals surface area (Å²) >= 11 is 5.94. The fourth-order valence-electron chi connectivity index (χ4n) is 3.48. The van der Waals surface area contributed by atoms with Gasteiger partial charge in [0.1, 0.15) is 11.5 Å². The minimum Gasteiger partial charge on any atom is -0.478 e. The van der Waals surface area contributed by atoms with Crippen LogP contribution in [0.2, 0.25) is 5.02 Å². The lowest BCUT2D eigenvalue weighted by atomic mass is 10.0. The number of aromatic nitrogens is 1. The molecule has 1 amide bonds. The van der Waals surface area contributed by atoms with Crippen LogP contribution in [0.4, 0.5) is 30.7 Å². The Balaban J connectivity index is 2.08. The number of nitrogens with one attached hydrogen (secondary N) is 1. The van der Waals surface area contributed by atoms with Gasteiger partial charge in [-0.2, -0.15) is 26.3 Å². The van der Waals surface area contributed by atoms with Crippen molar-refractivity contribution in [2.75, 3.05) is 0 Å². The number of fused-ring (bicyclic) bond motifs is 1. The zero-order valence-corrected chi connectivity index (χ0v) is 17.7. The molecule has 0 aliphatic carbocycles. The monoisotopic (exact) mass is 510 g/mol. The second-order valence-electron chi connectivity index (χ2n) is 7.15. The van der Waals surface area contributed by atoms with Crippen molar-refractivity contribution in [3.8, 4) is 0 Å². The van der Waals surface area contributed by atoms with E-state index in [2.05, 4.69) is 0 Å². The van der Waals surface area contributed by atoms with Crippen LogP contribution in [0.15, 0.2) is 36.4 Å². The van der Waals surface area contributed by atoms with Gasteiger partial charge in [0.15, 0.2) is 6.04 Å². The molecule has 13 heteroatoms. The van der Waals surface area contributed by atoms with Gasteiger partial charge >= 0.3 is 18.3 Å². The molecule has 182 valence electrons. The van der Waals surface area contributed by atoms with E-state index in [0.29, 0.717) is 6.07 Å². The van der Waals surface area contributed by atoms with E-state index < -0.39 is 47.2 Å². The van der Waals surface area contributed by atoms with Crippen molar-refractivity contribution in [3.63, 3.8) is 0 Å². The van der Waals surface area contributed by atoms with Crippen molar-refractivity contribution in [2.45, 2.75) is 31.9 Å². The van der Waals surface area contributed by atoms with E-state index in [1.807, 2.05) is 0 Å². The summed E-state index contributed by atoms with van der Waals surface area (Å²) < 4.78 is 94.9. The Kier molecular flexibility index (Phi) is 6.57. The number of hydrogen-bond acceptors (Lipinski definition) is 2. The molecular weight excluding hydrogens is 497 g/mol. The molecule has 1 unspecified atom stereocenters. The SMILES string of the molecule is CCn1c(C(=O)NC(c2ccc(F)c(C(F)(F)F)c2)C(F)(F)F)cc2cc(C(=O)O)c(Cl)cc21. The van der Waals surface area contributed by atoms with Crippen LogP contribution in [-0.2, 0) is 12.7 Å². The molecule has 1 heterocycles. The Morgan fingerprint density at radius 3 is 2.26 bits per heavy atom. The van der Waals surface area contributed by atoms with E-state index in [4.69, 9.17) is 11.6 Å². The molecule has 0 saturated carbocycles. The first-order chi connectivity index (χ1) is 15.6. The normalized spacial score (nSPS) is 13.2. The smallest absolute Gasteiger partial charge is 0.419 e. The molecule has 3 aromatic rings. The number of hydrogen-bond donors (Lipinski definition) is 2. The van der Waals surface area contributed by atoms with Gasteiger partial charge in [-0.05, 0) is 42.8 Å². The lowest BCUT2D eigenvalue weighted by molar-refractivity contribution is -0.156. The summed E-state index contributed by atoms with van der Waals surface area (Å²) in [6.07, 6.45) is -10.5. The molecule has 0 bridgehead atoms. The third kappa shape index (κ3) is 4.81. The Bertz CT molecular complexity index is 1280. The number of rotatable bonds is 5. The van der Waals surface area contributed by atoms with Gasteiger partial charge in [-0.25, -0.2) is 9.18 Å². The maximum Gasteiger partial charge on any atom is 0.419 e. The zero-order chi connectivity index (χ0) is 25.6. The average Bonchev–Trinajstić information content (AvgIpc) is 3.07. The summed E-state index contributed by atoms with van der Waals surface area (Å²) in [7, 11) is 0. The number of benzene rings is 2. The van der Waals surface area contributed by atoms with Gasteiger partial charge in [0.25, 0.3) is 5.91 Å². The van der Waals surface area contributed by atoms with Crippen molar-refractivity contribution in [3.05, 3.63) is 69.6 Å². The van der Waals surface area contributed by atoms with Crippen molar-refractivity contribution in [1.29, 1.82) is 0 Å². The van der Waals surface area contributed by atoms with Gasteiger partial charge < -0.3 is 15.0 Å². The molecule has 5 nitrogen and oxygen atoms in total. The first-order valence-corrected chi connectivity index (χ1v) is 9.83. The van der Waals surface area contributed by atoms with E-state index >= 15 is 0 Å². The first-order valence-electron chi connectivity index (χ1n) is 9.45. The van der Waals surface area contributed by atoms with Crippen molar-refractivity contribution in [2.24, 2.45) is 0 Å². The topological polar surface area (TPSA) is 71.3 Å². The molecule has 1 atom stereocenters.